The lowest BCUT2D eigenvalue weighted by molar-refractivity contribution is -0.138. The van der Waals surface area contributed by atoms with Crippen LogP contribution in [0.15, 0.2) is 36.4 Å². The highest BCUT2D eigenvalue weighted by molar-refractivity contribution is 6.31. The molecule has 2 saturated heterocycles. The predicted octanol–water partition coefficient (Wildman–Crippen LogP) is 5.89. The second-order valence-electron chi connectivity index (χ2n) is 11.2. The number of piperazine rings is 1. The van der Waals surface area contributed by atoms with Gasteiger partial charge in [-0.05, 0) is 69.1 Å². The molecule has 4 rings (SSSR count). The van der Waals surface area contributed by atoms with Crippen LogP contribution in [0.3, 0.4) is 0 Å². The SMILES string of the molecule is CCN(CC)C(=O)C1CCCN(Cc2ccc(C(=O)Nc3ccc(Cl)cc3N3CCN(CCC(F)(F)F)CC3)c(F)c2)C1. The molecule has 2 aliphatic rings. The van der Waals surface area contributed by atoms with Crippen molar-refractivity contribution >= 4 is 34.8 Å². The van der Waals surface area contributed by atoms with Crippen LogP contribution in [0.5, 0.6) is 0 Å². The van der Waals surface area contributed by atoms with E-state index in [1.54, 1.807) is 29.2 Å². The zero-order valence-electron chi connectivity index (χ0n) is 24.7. The molecular formula is C31H40ClF4N5O2. The minimum Gasteiger partial charge on any atom is -0.367 e. The molecule has 0 spiro atoms. The minimum atomic E-state index is -4.20. The van der Waals surface area contributed by atoms with E-state index in [4.69, 9.17) is 11.6 Å². The maximum Gasteiger partial charge on any atom is 0.390 e. The highest BCUT2D eigenvalue weighted by atomic mass is 35.5. The number of hydrogen-bond donors (Lipinski definition) is 1. The summed E-state index contributed by atoms with van der Waals surface area (Å²) in [6.45, 7) is 8.98. The molecule has 43 heavy (non-hydrogen) atoms. The number of benzene rings is 2. The van der Waals surface area contributed by atoms with Crippen molar-refractivity contribution in [3.05, 3.63) is 58.4 Å². The highest BCUT2D eigenvalue weighted by Gasteiger charge is 2.30. The molecule has 2 amide bonds. The monoisotopic (exact) mass is 625 g/mol. The van der Waals surface area contributed by atoms with Crippen molar-refractivity contribution in [3.63, 3.8) is 0 Å². The third-order valence-electron chi connectivity index (χ3n) is 8.25. The third-order valence-corrected chi connectivity index (χ3v) is 8.48. The number of alkyl halides is 3. The standard InChI is InChI=1S/C31H40ClF4N5O2/c1-3-40(4-2)30(43)23-6-5-12-39(21-23)20-22-7-9-25(26(33)18-22)29(42)37-27-10-8-24(32)19-28(27)41-16-14-38(15-17-41)13-11-31(34,35)36/h7-10,18-19,23H,3-6,11-17,20-21H2,1-2H3,(H,37,42). The summed E-state index contributed by atoms with van der Waals surface area (Å²) in [5.41, 5.74) is 1.70. The first-order chi connectivity index (χ1) is 20.5. The molecule has 0 aromatic heterocycles. The van der Waals surface area contributed by atoms with Crippen molar-refractivity contribution in [1.82, 2.24) is 14.7 Å². The first-order valence-electron chi connectivity index (χ1n) is 14.9. The van der Waals surface area contributed by atoms with Crippen LogP contribution < -0.4 is 10.2 Å². The van der Waals surface area contributed by atoms with Crippen LogP contribution in [0.1, 0.15) is 49.0 Å². The van der Waals surface area contributed by atoms with Crippen molar-refractivity contribution in [2.75, 3.05) is 69.1 Å². The molecule has 2 fully saturated rings. The van der Waals surface area contributed by atoms with E-state index in [1.165, 1.54) is 12.1 Å². The molecule has 236 valence electrons. The summed E-state index contributed by atoms with van der Waals surface area (Å²) < 4.78 is 53.1. The van der Waals surface area contributed by atoms with E-state index in [0.29, 0.717) is 68.8 Å². The van der Waals surface area contributed by atoms with Crippen molar-refractivity contribution in [1.29, 1.82) is 0 Å². The van der Waals surface area contributed by atoms with E-state index in [-0.39, 0.29) is 23.9 Å². The third kappa shape index (κ3) is 9.06. The smallest absolute Gasteiger partial charge is 0.367 e. The molecular weight excluding hydrogens is 586 g/mol. The van der Waals surface area contributed by atoms with Gasteiger partial charge in [0.15, 0.2) is 0 Å². The number of anilines is 2. The maximum atomic E-state index is 15.2. The topological polar surface area (TPSA) is 59.1 Å². The summed E-state index contributed by atoms with van der Waals surface area (Å²) in [7, 11) is 0. The molecule has 7 nitrogen and oxygen atoms in total. The zero-order chi connectivity index (χ0) is 31.1. The van der Waals surface area contributed by atoms with Gasteiger partial charge >= 0.3 is 6.18 Å². The van der Waals surface area contributed by atoms with Gasteiger partial charge in [0.25, 0.3) is 5.91 Å². The van der Waals surface area contributed by atoms with E-state index in [0.717, 1.165) is 24.9 Å². The van der Waals surface area contributed by atoms with Crippen LogP contribution in [0.2, 0.25) is 5.02 Å². The number of hydrogen-bond acceptors (Lipinski definition) is 5. The summed E-state index contributed by atoms with van der Waals surface area (Å²) in [5.74, 6) is -1.16. The van der Waals surface area contributed by atoms with Gasteiger partial charge in [0.1, 0.15) is 5.82 Å². The van der Waals surface area contributed by atoms with Crippen molar-refractivity contribution in [3.8, 4) is 0 Å². The lowest BCUT2D eigenvalue weighted by atomic mass is 9.96. The lowest BCUT2D eigenvalue weighted by Gasteiger charge is -2.37. The van der Waals surface area contributed by atoms with E-state index in [1.807, 2.05) is 23.6 Å². The van der Waals surface area contributed by atoms with Crippen molar-refractivity contribution < 1.29 is 27.2 Å². The van der Waals surface area contributed by atoms with Crippen LogP contribution in [-0.2, 0) is 11.3 Å². The van der Waals surface area contributed by atoms with Gasteiger partial charge in [-0.2, -0.15) is 13.2 Å². The normalized spacial score (nSPS) is 18.5. The Hall–Kier alpha value is -2.89. The fraction of sp³-hybridized carbons (Fsp3) is 0.548. The average molecular weight is 626 g/mol. The van der Waals surface area contributed by atoms with E-state index in [2.05, 4.69) is 10.2 Å². The molecule has 0 bridgehead atoms. The van der Waals surface area contributed by atoms with Gasteiger partial charge in [0.2, 0.25) is 5.91 Å². The Morgan fingerprint density at radius 1 is 1.00 bits per heavy atom. The van der Waals surface area contributed by atoms with Crippen molar-refractivity contribution in [2.45, 2.75) is 45.8 Å². The van der Waals surface area contributed by atoms with Gasteiger partial charge in [0, 0.05) is 63.9 Å². The fourth-order valence-corrected chi connectivity index (χ4v) is 6.02. The number of carbonyl (C=O) groups is 2. The summed E-state index contributed by atoms with van der Waals surface area (Å²) in [6, 6.07) is 9.53. The number of amides is 2. The van der Waals surface area contributed by atoms with Gasteiger partial charge in [-0.1, -0.05) is 17.7 Å². The Morgan fingerprint density at radius 2 is 1.72 bits per heavy atom. The Kier molecular flexibility index (Phi) is 11.3. The molecule has 2 aromatic carbocycles. The molecule has 2 heterocycles. The number of nitrogens with zero attached hydrogens (tertiary/aromatic N) is 4. The van der Waals surface area contributed by atoms with Gasteiger partial charge in [-0.25, -0.2) is 4.39 Å². The zero-order valence-corrected chi connectivity index (χ0v) is 25.5. The summed E-state index contributed by atoms with van der Waals surface area (Å²) in [4.78, 5) is 33.7. The van der Waals surface area contributed by atoms with E-state index in [9.17, 15) is 22.8 Å². The van der Waals surface area contributed by atoms with Crippen LogP contribution >= 0.6 is 11.6 Å². The van der Waals surface area contributed by atoms with Gasteiger partial charge < -0.3 is 15.1 Å². The molecule has 1 atom stereocenters. The van der Waals surface area contributed by atoms with Gasteiger partial charge in [0.05, 0.1) is 29.3 Å². The maximum absolute atomic E-state index is 15.2. The molecule has 1 N–H and O–H groups in total. The predicted molar refractivity (Wildman–Crippen MR) is 161 cm³/mol. The Bertz CT molecular complexity index is 1270. The van der Waals surface area contributed by atoms with E-state index < -0.39 is 24.3 Å². The molecule has 2 aromatic rings. The van der Waals surface area contributed by atoms with Crippen molar-refractivity contribution in [2.24, 2.45) is 5.92 Å². The van der Waals surface area contributed by atoms with Gasteiger partial charge in [-0.15, -0.1) is 0 Å². The first kappa shape index (κ1) is 33.0. The molecule has 12 heteroatoms. The van der Waals surface area contributed by atoms with Crippen LogP contribution in [0.4, 0.5) is 28.9 Å². The summed E-state index contributed by atoms with van der Waals surface area (Å²) in [6.07, 6.45) is -3.31. The number of rotatable bonds is 10. The molecule has 0 saturated carbocycles. The number of piperidine rings is 1. The quantitative estimate of drug-likeness (QED) is 0.334. The second-order valence-corrected chi connectivity index (χ2v) is 11.6. The summed E-state index contributed by atoms with van der Waals surface area (Å²) >= 11 is 6.24. The molecule has 2 aliphatic heterocycles. The second kappa shape index (κ2) is 14.7. The summed E-state index contributed by atoms with van der Waals surface area (Å²) in [5, 5.41) is 3.24. The van der Waals surface area contributed by atoms with Gasteiger partial charge in [-0.3, -0.25) is 19.4 Å². The van der Waals surface area contributed by atoms with Crippen LogP contribution in [-0.4, -0.2) is 91.6 Å². The lowest BCUT2D eigenvalue weighted by Crippen LogP contribution is -2.47. The molecule has 0 aliphatic carbocycles. The number of carbonyl (C=O) groups excluding carboxylic acids is 2. The largest absolute Gasteiger partial charge is 0.390 e. The number of halogens is 5. The van der Waals surface area contributed by atoms with Crippen LogP contribution in [0, 0.1) is 11.7 Å². The Balaban J connectivity index is 1.38. The Morgan fingerprint density at radius 3 is 2.37 bits per heavy atom. The number of nitrogens with one attached hydrogen (secondary N) is 1. The molecule has 1 unspecified atom stereocenters. The molecule has 0 radical (unpaired) electrons. The minimum absolute atomic E-state index is 0.0570. The number of likely N-dealkylation sites (tertiary alicyclic amines) is 1. The van der Waals surface area contributed by atoms with Crippen LogP contribution in [0.25, 0.3) is 0 Å². The highest BCUT2D eigenvalue weighted by Crippen LogP contribution is 2.31. The first-order valence-corrected chi connectivity index (χ1v) is 15.3. The Labute approximate surface area is 255 Å². The average Bonchev–Trinajstić information content (AvgIpc) is 2.97. The van der Waals surface area contributed by atoms with E-state index >= 15 is 4.39 Å². The fourth-order valence-electron chi connectivity index (χ4n) is 5.85.